The Morgan fingerprint density at radius 3 is 2.67 bits per heavy atom. The molecule has 0 saturated carbocycles. The highest BCUT2D eigenvalue weighted by atomic mass is 19.1. The average molecular weight is 366 g/mol. The van der Waals surface area contributed by atoms with Gasteiger partial charge in [0.2, 0.25) is 0 Å². The summed E-state index contributed by atoms with van der Waals surface area (Å²) in [6, 6.07) is 9.26. The van der Waals surface area contributed by atoms with Gasteiger partial charge in [0.1, 0.15) is 11.6 Å². The third kappa shape index (κ3) is 3.76. The molecule has 1 aliphatic heterocycles. The van der Waals surface area contributed by atoms with Crippen molar-refractivity contribution in [2.45, 2.75) is 39.2 Å². The lowest BCUT2D eigenvalue weighted by Gasteiger charge is -2.31. The number of piperidine rings is 1. The molecule has 6 heteroatoms. The first-order valence-electron chi connectivity index (χ1n) is 9.34. The summed E-state index contributed by atoms with van der Waals surface area (Å²) >= 11 is 0. The van der Waals surface area contributed by atoms with Crippen LogP contribution in [0.1, 0.15) is 41.6 Å². The second kappa shape index (κ2) is 7.56. The van der Waals surface area contributed by atoms with Crippen LogP contribution in [0.25, 0.3) is 11.3 Å². The normalized spacial score (nSPS) is 16.0. The summed E-state index contributed by atoms with van der Waals surface area (Å²) < 4.78 is 19.1. The number of likely N-dealkylation sites (tertiary alicyclic amines) is 1. The van der Waals surface area contributed by atoms with E-state index < -0.39 is 0 Å². The molecule has 5 nitrogen and oxygen atoms in total. The molecule has 140 valence electrons. The minimum absolute atomic E-state index is 0.228. The number of nitrogens with zero attached hydrogens (tertiary/aromatic N) is 4. The lowest BCUT2D eigenvalue weighted by Crippen LogP contribution is -2.33. The summed E-state index contributed by atoms with van der Waals surface area (Å²) in [5.74, 6) is 0.980. The Morgan fingerprint density at radius 1 is 1.15 bits per heavy atom. The van der Waals surface area contributed by atoms with Crippen LogP contribution in [0, 0.1) is 19.7 Å². The van der Waals surface area contributed by atoms with E-state index in [1.807, 2.05) is 19.9 Å². The Labute approximate surface area is 158 Å². The van der Waals surface area contributed by atoms with Gasteiger partial charge in [0.25, 0.3) is 0 Å². The highest BCUT2D eigenvalue weighted by Gasteiger charge is 2.23. The second-order valence-corrected chi connectivity index (χ2v) is 7.13. The van der Waals surface area contributed by atoms with E-state index in [2.05, 4.69) is 27.2 Å². The maximum absolute atomic E-state index is 13.8. The van der Waals surface area contributed by atoms with Crippen LogP contribution in [0.3, 0.4) is 0 Å². The van der Waals surface area contributed by atoms with E-state index in [0.717, 1.165) is 54.3 Å². The third-order valence-corrected chi connectivity index (χ3v) is 5.27. The van der Waals surface area contributed by atoms with Crippen LogP contribution < -0.4 is 0 Å². The highest BCUT2D eigenvalue weighted by Crippen LogP contribution is 2.31. The first-order chi connectivity index (χ1) is 13.1. The topological polar surface area (TPSA) is 55.1 Å². The van der Waals surface area contributed by atoms with Gasteiger partial charge in [-0.2, -0.15) is 0 Å². The maximum Gasteiger partial charge on any atom is 0.146 e. The molecule has 0 bridgehead atoms. The first-order valence-corrected chi connectivity index (χ1v) is 9.34. The fourth-order valence-electron chi connectivity index (χ4n) is 3.80. The van der Waals surface area contributed by atoms with Crippen molar-refractivity contribution in [3.8, 4) is 11.3 Å². The molecule has 1 saturated heterocycles. The quantitative estimate of drug-likeness (QED) is 0.690. The molecule has 27 heavy (non-hydrogen) atoms. The number of hydrogen-bond donors (Lipinski definition) is 0. The van der Waals surface area contributed by atoms with Crippen molar-refractivity contribution in [1.29, 1.82) is 0 Å². The Hall–Kier alpha value is -2.60. The molecule has 0 N–H and O–H groups in total. The van der Waals surface area contributed by atoms with E-state index in [-0.39, 0.29) is 5.82 Å². The fraction of sp³-hybridized carbons (Fsp3) is 0.381. The summed E-state index contributed by atoms with van der Waals surface area (Å²) in [6.45, 7) is 6.25. The molecule has 0 spiro atoms. The van der Waals surface area contributed by atoms with Crippen molar-refractivity contribution < 1.29 is 8.91 Å². The van der Waals surface area contributed by atoms with Crippen LogP contribution in [0.4, 0.5) is 4.39 Å². The molecule has 0 amide bonds. The van der Waals surface area contributed by atoms with Gasteiger partial charge in [-0.15, -0.1) is 0 Å². The van der Waals surface area contributed by atoms with Crippen LogP contribution in [-0.2, 0) is 6.54 Å². The van der Waals surface area contributed by atoms with Crippen molar-refractivity contribution in [2.75, 3.05) is 13.1 Å². The molecule has 1 fully saturated rings. The van der Waals surface area contributed by atoms with E-state index in [0.29, 0.717) is 18.2 Å². The van der Waals surface area contributed by atoms with Gasteiger partial charge in [-0.3, -0.25) is 14.9 Å². The summed E-state index contributed by atoms with van der Waals surface area (Å²) in [5.41, 5.74) is 4.40. The summed E-state index contributed by atoms with van der Waals surface area (Å²) in [4.78, 5) is 11.3. The van der Waals surface area contributed by atoms with Crippen LogP contribution in [0.2, 0.25) is 0 Å². The predicted octanol–water partition coefficient (Wildman–Crippen LogP) is 4.27. The number of hydrogen-bond acceptors (Lipinski definition) is 5. The third-order valence-electron chi connectivity index (χ3n) is 5.27. The van der Waals surface area contributed by atoms with Gasteiger partial charge in [0.15, 0.2) is 0 Å². The number of halogens is 1. The lowest BCUT2D eigenvalue weighted by molar-refractivity contribution is 0.198. The maximum atomic E-state index is 13.8. The van der Waals surface area contributed by atoms with E-state index >= 15 is 0 Å². The molecule has 0 radical (unpaired) electrons. The van der Waals surface area contributed by atoms with Gasteiger partial charge >= 0.3 is 0 Å². The number of rotatable bonds is 4. The van der Waals surface area contributed by atoms with E-state index in [1.54, 1.807) is 12.3 Å². The molecule has 3 aromatic heterocycles. The molecule has 0 unspecified atom stereocenters. The Bertz CT molecular complexity index is 912. The minimum Gasteiger partial charge on any atom is -0.361 e. The van der Waals surface area contributed by atoms with E-state index in [9.17, 15) is 4.39 Å². The van der Waals surface area contributed by atoms with Crippen LogP contribution >= 0.6 is 0 Å². The van der Waals surface area contributed by atoms with Gasteiger partial charge in [-0.1, -0.05) is 11.2 Å². The van der Waals surface area contributed by atoms with Crippen molar-refractivity contribution in [2.24, 2.45) is 0 Å². The largest absolute Gasteiger partial charge is 0.361 e. The lowest BCUT2D eigenvalue weighted by atomic mass is 9.92. The van der Waals surface area contributed by atoms with Crippen LogP contribution in [-0.4, -0.2) is 33.1 Å². The van der Waals surface area contributed by atoms with Gasteiger partial charge in [-0.05, 0) is 64.0 Å². The molecular formula is C21H23FN4O. The van der Waals surface area contributed by atoms with Gasteiger partial charge in [-0.25, -0.2) is 4.39 Å². The van der Waals surface area contributed by atoms with E-state index in [1.165, 1.54) is 6.07 Å². The predicted molar refractivity (Wildman–Crippen MR) is 101 cm³/mol. The van der Waals surface area contributed by atoms with Crippen LogP contribution in [0.15, 0.2) is 41.1 Å². The van der Waals surface area contributed by atoms with Crippen molar-refractivity contribution in [3.63, 3.8) is 0 Å². The number of aromatic nitrogens is 3. The standard InChI is InChI=1S/C21H23FN4O/c1-14-21(15(2)27-25-14)19-7-3-6-18(24-19)16-8-11-26(12-9-16)13-20-17(22)5-4-10-23-20/h3-7,10,16H,8-9,11-13H2,1-2H3. The first kappa shape index (κ1) is 17.8. The molecule has 0 aliphatic carbocycles. The monoisotopic (exact) mass is 366 g/mol. The zero-order valence-electron chi connectivity index (χ0n) is 15.7. The Balaban J connectivity index is 1.44. The molecule has 4 heterocycles. The summed E-state index contributed by atoms with van der Waals surface area (Å²) in [5, 5.41) is 4.03. The van der Waals surface area contributed by atoms with Gasteiger partial charge in [0, 0.05) is 24.4 Å². The Morgan fingerprint density at radius 2 is 1.96 bits per heavy atom. The van der Waals surface area contributed by atoms with Crippen molar-refractivity contribution in [3.05, 3.63) is 65.2 Å². The zero-order chi connectivity index (χ0) is 18.8. The minimum atomic E-state index is -0.228. The van der Waals surface area contributed by atoms with Crippen molar-refractivity contribution >= 4 is 0 Å². The SMILES string of the molecule is Cc1noc(C)c1-c1cccc(C2CCN(Cc3ncccc3F)CC2)n1. The molecule has 4 rings (SSSR count). The molecule has 3 aromatic rings. The number of pyridine rings is 2. The molecule has 1 aliphatic rings. The Kier molecular flexibility index (Phi) is 4.99. The van der Waals surface area contributed by atoms with Gasteiger partial charge < -0.3 is 4.52 Å². The highest BCUT2D eigenvalue weighted by molar-refractivity contribution is 5.63. The summed E-state index contributed by atoms with van der Waals surface area (Å²) in [7, 11) is 0. The van der Waals surface area contributed by atoms with E-state index in [4.69, 9.17) is 9.51 Å². The van der Waals surface area contributed by atoms with Crippen LogP contribution in [0.5, 0.6) is 0 Å². The molecule has 0 atom stereocenters. The van der Waals surface area contributed by atoms with Gasteiger partial charge in [0.05, 0.1) is 22.6 Å². The fourth-order valence-corrected chi connectivity index (χ4v) is 3.80. The zero-order valence-corrected chi connectivity index (χ0v) is 15.7. The van der Waals surface area contributed by atoms with Crippen molar-refractivity contribution in [1.82, 2.24) is 20.0 Å². The molecule has 0 aromatic carbocycles. The molecular weight excluding hydrogens is 343 g/mol. The second-order valence-electron chi connectivity index (χ2n) is 7.13. The average Bonchev–Trinajstić information content (AvgIpc) is 3.03. The smallest absolute Gasteiger partial charge is 0.146 e. The summed E-state index contributed by atoms with van der Waals surface area (Å²) in [6.07, 6.45) is 3.66. The number of aryl methyl sites for hydroxylation is 2.